The molecule has 0 spiro atoms. The first-order valence-electron chi connectivity index (χ1n) is 7.09. The second kappa shape index (κ2) is 6.60. The van der Waals surface area contributed by atoms with Gasteiger partial charge in [0, 0.05) is 18.7 Å². The van der Waals surface area contributed by atoms with Crippen LogP contribution in [-0.2, 0) is 11.3 Å². The van der Waals surface area contributed by atoms with Crippen LogP contribution in [0.1, 0.15) is 18.6 Å². The Balaban J connectivity index is 1.58. The van der Waals surface area contributed by atoms with Gasteiger partial charge in [-0.1, -0.05) is 11.6 Å². The minimum Gasteiger partial charge on any atom is -0.460 e. The van der Waals surface area contributed by atoms with Crippen molar-refractivity contribution < 1.29 is 13.5 Å². The minimum absolute atomic E-state index is 0.0990. The lowest BCUT2D eigenvalue weighted by atomic mass is 10.2. The Labute approximate surface area is 128 Å². The highest BCUT2D eigenvalue weighted by molar-refractivity contribution is 6.31. The molecular formula is C16H17ClFNO2. The molecule has 1 aliphatic heterocycles. The van der Waals surface area contributed by atoms with E-state index in [4.69, 9.17) is 20.8 Å². The van der Waals surface area contributed by atoms with Crippen molar-refractivity contribution in [1.82, 2.24) is 5.32 Å². The Morgan fingerprint density at radius 2 is 2.19 bits per heavy atom. The van der Waals surface area contributed by atoms with E-state index in [1.807, 2.05) is 12.1 Å². The molecule has 1 aromatic heterocycles. The highest BCUT2D eigenvalue weighted by Gasteiger charge is 2.15. The highest BCUT2D eigenvalue weighted by atomic mass is 35.5. The van der Waals surface area contributed by atoms with Gasteiger partial charge in [-0.3, -0.25) is 0 Å². The number of ether oxygens (including phenoxy) is 1. The zero-order valence-electron chi connectivity index (χ0n) is 11.6. The number of hydrogen-bond acceptors (Lipinski definition) is 3. The van der Waals surface area contributed by atoms with Gasteiger partial charge in [-0.15, -0.1) is 0 Å². The third-order valence-corrected chi connectivity index (χ3v) is 3.85. The summed E-state index contributed by atoms with van der Waals surface area (Å²) in [6.07, 6.45) is 2.57. The number of furan rings is 1. The van der Waals surface area contributed by atoms with Gasteiger partial charge in [0.25, 0.3) is 0 Å². The molecule has 1 aromatic carbocycles. The predicted molar refractivity (Wildman–Crippen MR) is 79.8 cm³/mol. The van der Waals surface area contributed by atoms with Crippen LogP contribution in [0.5, 0.6) is 0 Å². The maximum absolute atomic E-state index is 13.1. The van der Waals surface area contributed by atoms with Crippen molar-refractivity contribution in [3.05, 3.63) is 46.9 Å². The van der Waals surface area contributed by atoms with Crippen molar-refractivity contribution in [2.45, 2.75) is 25.5 Å². The molecule has 0 amide bonds. The molecule has 0 radical (unpaired) electrons. The lowest BCUT2D eigenvalue weighted by Crippen LogP contribution is -2.25. The second-order valence-electron chi connectivity index (χ2n) is 5.16. The molecular weight excluding hydrogens is 293 g/mol. The fraction of sp³-hybridized carbons (Fsp3) is 0.375. The minimum atomic E-state index is -0.426. The molecule has 2 heterocycles. The van der Waals surface area contributed by atoms with E-state index in [2.05, 4.69) is 5.32 Å². The molecule has 1 saturated heterocycles. The molecule has 2 aromatic rings. The Kier molecular flexibility index (Phi) is 4.58. The average molecular weight is 310 g/mol. The summed E-state index contributed by atoms with van der Waals surface area (Å²) in [6, 6.07) is 8.35. The Hall–Kier alpha value is -1.36. The van der Waals surface area contributed by atoms with Crippen molar-refractivity contribution >= 4 is 11.6 Å². The summed E-state index contributed by atoms with van der Waals surface area (Å²) in [5.41, 5.74) is 0.770. The van der Waals surface area contributed by atoms with E-state index in [-0.39, 0.29) is 5.02 Å². The lowest BCUT2D eigenvalue weighted by molar-refractivity contribution is 0.109. The summed E-state index contributed by atoms with van der Waals surface area (Å²) < 4.78 is 24.4. The fourth-order valence-corrected chi connectivity index (χ4v) is 2.62. The first kappa shape index (κ1) is 14.6. The molecule has 0 bridgehead atoms. The number of rotatable bonds is 5. The normalized spacial score (nSPS) is 18.3. The summed E-state index contributed by atoms with van der Waals surface area (Å²) >= 11 is 5.78. The van der Waals surface area contributed by atoms with Crippen molar-refractivity contribution in [3.63, 3.8) is 0 Å². The van der Waals surface area contributed by atoms with Crippen molar-refractivity contribution in [1.29, 1.82) is 0 Å². The van der Waals surface area contributed by atoms with Crippen molar-refractivity contribution in [2.24, 2.45) is 0 Å². The number of nitrogens with one attached hydrogen (secondary N) is 1. The van der Waals surface area contributed by atoms with E-state index in [9.17, 15) is 4.39 Å². The molecule has 112 valence electrons. The van der Waals surface area contributed by atoms with E-state index in [0.29, 0.717) is 18.4 Å². The molecule has 3 rings (SSSR count). The summed E-state index contributed by atoms with van der Waals surface area (Å²) in [6.45, 7) is 2.34. The van der Waals surface area contributed by atoms with Crippen LogP contribution in [0.2, 0.25) is 5.02 Å². The lowest BCUT2D eigenvalue weighted by Gasteiger charge is -2.09. The monoisotopic (exact) mass is 309 g/mol. The Bertz CT molecular complexity index is 608. The van der Waals surface area contributed by atoms with Gasteiger partial charge in [0.15, 0.2) is 0 Å². The van der Waals surface area contributed by atoms with E-state index in [0.717, 1.165) is 37.3 Å². The Morgan fingerprint density at radius 1 is 1.29 bits per heavy atom. The third kappa shape index (κ3) is 3.64. The SMILES string of the molecule is Fc1ccc(-c2ccc(CNCC3CCCO3)o2)cc1Cl. The third-order valence-electron chi connectivity index (χ3n) is 3.56. The van der Waals surface area contributed by atoms with Crippen LogP contribution in [-0.4, -0.2) is 19.3 Å². The van der Waals surface area contributed by atoms with Gasteiger partial charge < -0.3 is 14.5 Å². The first-order chi connectivity index (χ1) is 10.2. The largest absolute Gasteiger partial charge is 0.460 e. The molecule has 1 aliphatic rings. The van der Waals surface area contributed by atoms with E-state index in [1.54, 1.807) is 12.1 Å². The fourth-order valence-electron chi connectivity index (χ4n) is 2.44. The van der Waals surface area contributed by atoms with E-state index < -0.39 is 5.82 Å². The molecule has 5 heteroatoms. The quantitative estimate of drug-likeness (QED) is 0.906. The van der Waals surface area contributed by atoms with E-state index in [1.165, 1.54) is 6.07 Å². The van der Waals surface area contributed by atoms with E-state index >= 15 is 0 Å². The van der Waals surface area contributed by atoms with Crippen LogP contribution in [0.3, 0.4) is 0 Å². The summed E-state index contributed by atoms with van der Waals surface area (Å²) in [4.78, 5) is 0. The summed E-state index contributed by atoms with van der Waals surface area (Å²) in [7, 11) is 0. The van der Waals surface area contributed by atoms with Crippen LogP contribution in [0, 0.1) is 5.82 Å². The first-order valence-corrected chi connectivity index (χ1v) is 7.46. The number of benzene rings is 1. The van der Waals surface area contributed by atoms with Gasteiger partial charge >= 0.3 is 0 Å². The van der Waals surface area contributed by atoms with Crippen LogP contribution in [0.4, 0.5) is 4.39 Å². The molecule has 0 aliphatic carbocycles. The molecule has 1 unspecified atom stereocenters. The van der Waals surface area contributed by atoms with Crippen LogP contribution >= 0.6 is 11.6 Å². The Morgan fingerprint density at radius 3 is 2.95 bits per heavy atom. The molecule has 21 heavy (non-hydrogen) atoms. The van der Waals surface area contributed by atoms with Crippen LogP contribution in [0.15, 0.2) is 34.7 Å². The number of halogens is 2. The maximum atomic E-state index is 13.1. The van der Waals surface area contributed by atoms with Gasteiger partial charge in [-0.25, -0.2) is 4.39 Å². The highest BCUT2D eigenvalue weighted by Crippen LogP contribution is 2.26. The number of hydrogen-bond donors (Lipinski definition) is 1. The molecule has 1 N–H and O–H groups in total. The second-order valence-corrected chi connectivity index (χ2v) is 5.57. The average Bonchev–Trinajstić information content (AvgIpc) is 3.13. The summed E-state index contributed by atoms with van der Waals surface area (Å²) in [5, 5.41) is 3.42. The van der Waals surface area contributed by atoms with Crippen LogP contribution in [0.25, 0.3) is 11.3 Å². The smallest absolute Gasteiger partial charge is 0.141 e. The molecule has 1 atom stereocenters. The van der Waals surface area contributed by atoms with Gasteiger partial charge in [0.05, 0.1) is 17.7 Å². The summed E-state index contributed by atoms with van der Waals surface area (Å²) in [5.74, 6) is 1.10. The van der Waals surface area contributed by atoms with Crippen LogP contribution < -0.4 is 5.32 Å². The zero-order valence-corrected chi connectivity index (χ0v) is 12.3. The van der Waals surface area contributed by atoms with Gasteiger partial charge in [0.2, 0.25) is 0 Å². The van der Waals surface area contributed by atoms with Gasteiger partial charge in [-0.2, -0.15) is 0 Å². The topological polar surface area (TPSA) is 34.4 Å². The van der Waals surface area contributed by atoms with Crippen molar-refractivity contribution in [3.8, 4) is 11.3 Å². The van der Waals surface area contributed by atoms with Gasteiger partial charge in [-0.05, 0) is 43.2 Å². The van der Waals surface area contributed by atoms with Crippen molar-refractivity contribution in [2.75, 3.05) is 13.2 Å². The zero-order chi connectivity index (χ0) is 14.7. The maximum Gasteiger partial charge on any atom is 0.141 e. The molecule has 0 saturated carbocycles. The predicted octanol–water partition coefficient (Wildman–Crippen LogP) is 4.01. The molecule has 3 nitrogen and oxygen atoms in total. The molecule has 1 fully saturated rings. The van der Waals surface area contributed by atoms with Gasteiger partial charge in [0.1, 0.15) is 17.3 Å². The standard InChI is InChI=1S/C16H17ClFNO2/c17-14-8-11(3-5-15(14)18)16-6-4-13(21-16)10-19-9-12-2-1-7-20-12/h3-6,8,12,19H,1-2,7,9-10H2.